The van der Waals surface area contributed by atoms with Gasteiger partial charge in [0.05, 0.1) is 6.42 Å². The van der Waals surface area contributed by atoms with Crippen LogP contribution < -0.4 is 5.73 Å². The highest BCUT2D eigenvalue weighted by Gasteiger charge is 2.24. The first-order valence-corrected chi connectivity index (χ1v) is 3.45. The van der Waals surface area contributed by atoms with Gasteiger partial charge in [0.2, 0.25) is 5.91 Å². The lowest BCUT2D eigenvalue weighted by molar-refractivity contribution is -0.170. The SMILES string of the molecule is CCN(O)[C@@H](CC(N)=O)C(=O)O. The highest BCUT2D eigenvalue weighted by atomic mass is 16.5. The van der Waals surface area contributed by atoms with Crippen molar-refractivity contribution in [2.75, 3.05) is 6.54 Å². The van der Waals surface area contributed by atoms with Crippen LogP contribution in [0, 0.1) is 0 Å². The van der Waals surface area contributed by atoms with Gasteiger partial charge < -0.3 is 16.0 Å². The zero-order valence-electron chi connectivity index (χ0n) is 6.73. The summed E-state index contributed by atoms with van der Waals surface area (Å²) < 4.78 is 0. The van der Waals surface area contributed by atoms with Gasteiger partial charge in [0.15, 0.2) is 0 Å². The minimum absolute atomic E-state index is 0.129. The first kappa shape index (κ1) is 10.9. The lowest BCUT2D eigenvalue weighted by Gasteiger charge is -2.19. The van der Waals surface area contributed by atoms with Crippen molar-refractivity contribution < 1.29 is 19.9 Å². The van der Waals surface area contributed by atoms with E-state index >= 15 is 0 Å². The Kier molecular flexibility index (Phi) is 4.24. The first-order chi connectivity index (χ1) is 5.49. The number of aliphatic carboxylic acids is 1. The quantitative estimate of drug-likeness (QED) is 0.467. The molecular weight excluding hydrogens is 164 g/mol. The van der Waals surface area contributed by atoms with Crippen molar-refractivity contribution in [2.24, 2.45) is 5.73 Å². The fourth-order valence-corrected chi connectivity index (χ4v) is 0.731. The highest BCUT2D eigenvalue weighted by Crippen LogP contribution is 2.00. The average molecular weight is 176 g/mol. The Morgan fingerprint density at radius 1 is 1.58 bits per heavy atom. The molecule has 0 unspecified atom stereocenters. The molecule has 0 aromatic carbocycles. The maximum Gasteiger partial charge on any atom is 0.323 e. The fourth-order valence-electron chi connectivity index (χ4n) is 0.731. The molecule has 0 heterocycles. The molecule has 0 radical (unpaired) electrons. The van der Waals surface area contributed by atoms with Crippen LogP contribution >= 0.6 is 0 Å². The molecule has 0 saturated carbocycles. The molecule has 0 aromatic rings. The molecule has 0 fully saturated rings. The van der Waals surface area contributed by atoms with Crippen molar-refractivity contribution in [2.45, 2.75) is 19.4 Å². The summed E-state index contributed by atoms with van der Waals surface area (Å²) in [6.45, 7) is 1.70. The first-order valence-electron chi connectivity index (χ1n) is 3.45. The Bertz CT molecular complexity index is 182. The third-order valence-electron chi connectivity index (χ3n) is 1.36. The summed E-state index contributed by atoms with van der Waals surface area (Å²) in [5, 5.41) is 18.1. The lowest BCUT2D eigenvalue weighted by atomic mass is 10.2. The third-order valence-corrected chi connectivity index (χ3v) is 1.36. The molecule has 0 saturated heterocycles. The van der Waals surface area contributed by atoms with Crippen LogP contribution in [0.1, 0.15) is 13.3 Å². The number of hydrogen-bond donors (Lipinski definition) is 3. The molecule has 1 atom stereocenters. The van der Waals surface area contributed by atoms with E-state index in [-0.39, 0.29) is 13.0 Å². The summed E-state index contributed by atoms with van der Waals surface area (Å²) in [6.07, 6.45) is -0.389. The molecule has 6 heteroatoms. The van der Waals surface area contributed by atoms with Crippen molar-refractivity contribution in [3.05, 3.63) is 0 Å². The Hall–Kier alpha value is -1.14. The van der Waals surface area contributed by atoms with E-state index in [4.69, 9.17) is 16.0 Å². The lowest BCUT2D eigenvalue weighted by Crippen LogP contribution is -2.41. The summed E-state index contributed by atoms with van der Waals surface area (Å²) in [6, 6.07) is -1.24. The van der Waals surface area contributed by atoms with Gasteiger partial charge in [-0.3, -0.25) is 9.59 Å². The predicted molar refractivity (Wildman–Crippen MR) is 39.4 cm³/mol. The summed E-state index contributed by atoms with van der Waals surface area (Å²) in [5.74, 6) is -2.02. The molecule has 0 aliphatic heterocycles. The number of carbonyl (C=O) groups is 2. The molecular formula is C6H12N2O4. The molecule has 0 aromatic heterocycles. The van der Waals surface area contributed by atoms with Gasteiger partial charge in [0.25, 0.3) is 0 Å². The fraction of sp³-hybridized carbons (Fsp3) is 0.667. The van der Waals surface area contributed by atoms with Crippen LogP contribution in [-0.2, 0) is 9.59 Å². The summed E-state index contributed by atoms with van der Waals surface area (Å²) in [5.41, 5.74) is 4.78. The number of carbonyl (C=O) groups excluding carboxylic acids is 1. The molecule has 1 amide bonds. The number of nitrogens with two attached hydrogens (primary N) is 1. The van der Waals surface area contributed by atoms with Gasteiger partial charge in [-0.2, -0.15) is 5.06 Å². The number of rotatable bonds is 5. The molecule has 0 aliphatic rings. The monoisotopic (exact) mass is 176 g/mol. The highest BCUT2D eigenvalue weighted by molar-refractivity contribution is 5.83. The van der Waals surface area contributed by atoms with E-state index < -0.39 is 17.9 Å². The zero-order chi connectivity index (χ0) is 9.72. The number of carboxylic acids is 1. The second-order valence-corrected chi connectivity index (χ2v) is 2.28. The van der Waals surface area contributed by atoms with Crippen LogP contribution in [0.15, 0.2) is 0 Å². The van der Waals surface area contributed by atoms with E-state index in [1.807, 2.05) is 0 Å². The average Bonchev–Trinajstić information content (AvgIpc) is 1.98. The van der Waals surface area contributed by atoms with Crippen LogP contribution in [0.2, 0.25) is 0 Å². The van der Waals surface area contributed by atoms with E-state index in [0.29, 0.717) is 5.06 Å². The van der Waals surface area contributed by atoms with Gasteiger partial charge in [-0.15, -0.1) is 0 Å². The number of likely N-dealkylation sites (N-methyl/N-ethyl adjacent to an activating group) is 1. The van der Waals surface area contributed by atoms with E-state index in [1.54, 1.807) is 6.92 Å². The van der Waals surface area contributed by atoms with Gasteiger partial charge in [0.1, 0.15) is 6.04 Å². The van der Waals surface area contributed by atoms with Crippen LogP contribution in [-0.4, -0.2) is 39.8 Å². The topological polar surface area (TPSA) is 104 Å². The minimum Gasteiger partial charge on any atom is -0.480 e. The van der Waals surface area contributed by atoms with Gasteiger partial charge in [-0.25, -0.2) is 0 Å². The van der Waals surface area contributed by atoms with E-state index in [0.717, 1.165) is 0 Å². The van der Waals surface area contributed by atoms with Crippen molar-refractivity contribution >= 4 is 11.9 Å². The smallest absolute Gasteiger partial charge is 0.323 e. The number of primary amides is 1. The molecule has 6 nitrogen and oxygen atoms in total. The molecule has 0 rings (SSSR count). The minimum atomic E-state index is -1.27. The second-order valence-electron chi connectivity index (χ2n) is 2.28. The number of hydrogen-bond acceptors (Lipinski definition) is 4. The van der Waals surface area contributed by atoms with Gasteiger partial charge in [-0.1, -0.05) is 6.92 Å². The maximum absolute atomic E-state index is 10.4. The van der Waals surface area contributed by atoms with Crippen LogP contribution in [0.5, 0.6) is 0 Å². The van der Waals surface area contributed by atoms with Crippen molar-refractivity contribution in [1.29, 1.82) is 0 Å². The molecule has 0 aliphatic carbocycles. The largest absolute Gasteiger partial charge is 0.480 e. The summed E-state index contributed by atoms with van der Waals surface area (Å²) >= 11 is 0. The Morgan fingerprint density at radius 2 is 2.08 bits per heavy atom. The number of hydroxylamine groups is 2. The predicted octanol–water partition coefficient (Wildman–Crippen LogP) is -0.974. The molecule has 4 N–H and O–H groups in total. The Morgan fingerprint density at radius 3 is 2.33 bits per heavy atom. The van der Waals surface area contributed by atoms with Crippen molar-refractivity contribution in [1.82, 2.24) is 5.06 Å². The summed E-state index contributed by atoms with van der Waals surface area (Å²) in [7, 11) is 0. The molecule has 70 valence electrons. The normalized spacial score (nSPS) is 12.9. The van der Waals surface area contributed by atoms with Crippen LogP contribution in [0.3, 0.4) is 0 Å². The van der Waals surface area contributed by atoms with Gasteiger partial charge >= 0.3 is 5.97 Å². The van der Waals surface area contributed by atoms with Crippen molar-refractivity contribution in [3.8, 4) is 0 Å². The molecule has 12 heavy (non-hydrogen) atoms. The Balaban J connectivity index is 4.22. The zero-order valence-corrected chi connectivity index (χ0v) is 6.73. The second kappa shape index (κ2) is 4.68. The number of nitrogens with zero attached hydrogens (tertiary/aromatic N) is 1. The summed E-state index contributed by atoms with van der Waals surface area (Å²) in [4.78, 5) is 20.8. The maximum atomic E-state index is 10.4. The van der Waals surface area contributed by atoms with Crippen molar-refractivity contribution in [3.63, 3.8) is 0 Å². The standard InChI is InChI=1S/C6H12N2O4/c1-2-8(12)4(6(10)11)3-5(7)9/h4,12H,2-3H2,1H3,(H2,7,9)(H,10,11)/t4-/m0/s1. The van der Waals surface area contributed by atoms with E-state index in [9.17, 15) is 9.59 Å². The molecule has 0 bridgehead atoms. The third kappa shape index (κ3) is 3.31. The molecule has 0 spiro atoms. The number of amides is 1. The van der Waals surface area contributed by atoms with Crippen LogP contribution in [0.4, 0.5) is 0 Å². The van der Waals surface area contributed by atoms with Gasteiger partial charge in [-0.05, 0) is 0 Å². The Labute approximate surface area is 69.5 Å². The van der Waals surface area contributed by atoms with E-state index in [2.05, 4.69) is 0 Å². The van der Waals surface area contributed by atoms with Gasteiger partial charge in [0, 0.05) is 6.54 Å². The van der Waals surface area contributed by atoms with Crippen LogP contribution in [0.25, 0.3) is 0 Å². The number of carboxylic acid groups (broad SMARTS) is 1. The van der Waals surface area contributed by atoms with E-state index in [1.165, 1.54) is 0 Å².